The molecule has 1 saturated heterocycles. The molecule has 1 aromatic rings. The molecule has 6 nitrogen and oxygen atoms in total. The number of carbonyl (C=O) groups excluding carboxylic acids is 2. The van der Waals surface area contributed by atoms with E-state index in [1.165, 1.54) is 12.7 Å². The van der Waals surface area contributed by atoms with Gasteiger partial charge in [-0.15, -0.1) is 5.10 Å². The summed E-state index contributed by atoms with van der Waals surface area (Å²) in [7, 11) is 1.25. The van der Waals surface area contributed by atoms with Crippen LogP contribution in [0.3, 0.4) is 0 Å². The zero-order valence-electron chi connectivity index (χ0n) is 14.7. The number of thioether (sulfide) groups is 1. The summed E-state index contributed by atoms with van der Waals surface area (Å²) >= 11 is 1.04. The Morgan fingerprint density at radius 1 is 1.32 bits per heavy atom. The number of hydrogen-bond donors (Lipinski definition) is 1. The third kappa shape index (κ3) is 5.03. The maximum atomic E-state index is 11.7. The van der Waals surface area contributed by atoms with Gasteiger partial charge in [-0.25, -0.2) is 4.79 Å². The van der Waals surface area contributed by atoms with Crippen LogP contribution in [0.2, 0.25) is 0 Å². The second-order valence-corrected chi connectivity index (χ2v) is 7.13. The Morgan fingerprint density at radius 2 is 2.00 bits per heavy atom. The van der Waals surface area contributed by atoms with Gasteiger partial charge in [0.25, 0.3) is 5.91 Å². The van der Waals surface area contributed by atoms with Crippen LogP contribution in [0.1, 0.15) is 38.3 Å². The van der Waals surface area contributed by atoms with Gasteiger partial charge in [-0.05, 0) is 34.7 Å². The summed E-state index contributed by atoms with van der Waals surface area (Å²) in [5, 5.41) is 10.8. The van der Waals surface area contributed by atoms with Crippen LogP contribution in [0, 0.1) is 0 Å². The maximum Gasteiger partial charge on any atom is 0.331 e. The molecule has 1 fully saturated rings. The molecule has 0 bridgehead atoms. The van der Waals surface area contributed by atoms with E-state index in [2.05, 4.69) is 53.2 Å². The molecule has 0 spiro atoms. The molecule has 0 aliphatic carbocycles. The minimum Gasteiger partial charge on any atom is -0.466 e. The molecule has 25 heavy (non-hydrogen) atoms. The number of ether oxygens (including phenoxy) is 1. The second-order valence-electron chi connectivity index (χ2n) is 6.10. The highest BCUT2D eigenvalue weighted by molar-refractivity contribution is 8.18. The van der Waals surface area contributed by atoms with Crippen molar-refractivity contribution in [2.45, 2.75) is 32.6 Å². The summed E-state index contributed by atoms with van der Waals surface area (Å²) in [6.07, 6.45) is 3.80. The molecule has 1 heterocycles. The van der Waals surface area contributed by atoms with Crippen molar-refractivity contribution in [3.05, 3.63) is 46.4 Å². The van der Waals surface area contributed by atoms with E-state index in [-0.39, 0.29) is 10.3 Å². The number of nitrogens with zero attached hydrogens (tertiary/aromatic N) is 2. The number of rotatable bonds is 5. The molecule has 0 radical (unpaired) electrons. The van der Waals surface area contributed by atoms with Crippen LogP contribution in [0.25, 0.3) is 0 Å². The molecular weight excluding hydrogens is 338 g/mol. The lowest BCUT2D eigenvalue weighted by Gasteiger charge is -2.23. The van der Waals surface area contributed by atoms with Crippen molar-refractivity contribution in [3.8, 4) is 0 Å². The van der Waals surface area contributed by atoms with Gasteiger partial charge < -0.3 is 4.74 Å². The molecule has 1 aromatic carbocycles. The fourth-order valence-corrected chi connectivity index (χ4v) is 2.75. The Labute approximate surface area is 151 Å². The van der Waals surface area contributed by atoms with Crippen molar-refractivity contribution in [2.75, 3.05) is 7.11 Å². The van der Waals surface area contributed by atoms with E-state index in [1.54, 1.807) is 6.21 Å². The average Bonchev–Trinajstić information content (AvgIpc) is 2.94. The first-order valence-corrected chi connectivity index (χ1v) is 8.68. The average molecular weight is 359 g/mol. The van der Waals surface area contributed by atoms with Crippen molar-refractivity contribution < 1.29 is 14.3 Å². The van der Waals surface area contributed by atoms with E-state index in [9.17, 15) is 9.59 Å². The summed E-state index contributed by atoms with van der Waals surface area (Å²) in [4.78, 5) is 23.1. The number of benzene rings is 1. The van der Waals surface area contributed by atoms with Crippen LogP contribution in [-0.4, -0.2) is 30.4 Å². The van der Waals surface area contributed by atoms with E-state index < -0.39 is 11.9 Å². The second kappa shape index (κ2) is 8.11. The van der Waals surface area contributed by atoms with Crippen LogP contribution >= 0.6 is 11.8 Å². The summed E-state index contributed by atoms with van der Waals surface area (Å²) in [6, 6.07) is 8.14. The summed E-state index contributed by atoms with van der Waals surface area (Å²) in [5.74, 6) is -0.979. The van der Waals surface area contributed by atoms with E-state index in [1.807, 2.05) is 12.1 Å². The van der Waals surface area contributed by atoms with E-state index >= 15 is 0 Å². The molecule has 1 amide bonds. The minimum absolute atomic E-state index is 0.142. The Balaban J connectivity index is 2.03. The predicted molar refractivity (Wildman–Crippen MR) is 101 cm³/mol. The van der Waals surface area contributed by atoms with Crippen LogP contribution < -0.4 is 5.32 Å². The highest BCUT2D eigenvalue weighted by Gasteiger charge is 2.25. The predicted octanol–water partition coefficient (Wildman–Crippen LogP) is 2.98. The van der Waals surface area contributed by atoms with Crippen molar-refractivity contribution in [1.29, 1.82) is 0 Å². The van der Waals surface area contributed by atoms with Crippen LogP contribution in [0.4, 0.5) is 0 Å². The molecule has 7 heteroatoms. The van der Waals surface area contributed by atoms with Crippen molar-refractivity contribution in [2.24, 2.45) is 10.2 Å². The third-order valence-corrected chi connectivity index (χ3v) is 4.93. The van der Waals surface area contributed by atoms with E-state index in [4.69, 9.17) is 0 Å². The SMILES string of the molecule is CCC(C)(C)c1ccc(C=N/N=C2/NC(=O)/C(=C\C(=O)OC)S2)cc1. The first-order chi connectivity index (χ1) is 11.9. The molecule has 2 rings (SSSR count). The molecule has 132 valence electrons. The van der Waals surface area contributed by atoms with Gasteiger partial charge in [-0.3, -0.25) is 10.1 Å². The topological polar surface area (TPSA) is 80.1 Å². The molecule has 0 aromatic heterocycles. The van der Waals surface area contributed by atoms with Crippen LogP contribution in [-0.2, 0) is 19.7 Å². The monoisotopic (exact) mass is 359 g/mol. The summed E-state index contributed by atoms with van der Waals surface area (Å²) in [6.45, 7) is 6.59. The van der Waals surface area contributed by atoms with Crippen molar-refractivity contribution in [1.82, 2.24) is 5.32 Å². The molecule has 0 unspecified atom stereocenters. The Hall–Kier alpha value is -2.41. The summed E-state index contributed by atoms with van der Waals surface area (Å²) < 4.78 is 4.50. The van der Waals surface area contributed by atoms with Gasteiger partial charge in [0.15, 0.2) is 5.17 Å². The lowest BCUT2D eigenvalue weighted by molar-refractivity contribution is -0.135. The maximum absolute atomic E-state index is 11.7. The van der Waals surface area contributed by atoms with Crippen molar-refractivity contribution >= 4 is 35.0 Å². The zero-order valence-corrected chi connectivity index (χ0v) is 15.5. The third-order valence-electron chi connectivity index (χ3n) is 4.03. The van der Waals surface area contributed by atoms with Gasteiger partial charge in [0.05, 0.1) is 18.2 Å². The molecular formula is C18H21N3O3S. The number of amides is 1. The highest BCUT2D eigenvalue weighted by Crippen LogP contribution is 2.26. The van der Waals surface area contributed by atoms with Crippen molar-refractivity contribution in [3.63, 3.8) is 0 Å². The highest BCUT2D eigenvalue weighted by atomic mass is 32.2. The van der Waals surface area contributed by atoms with Gasteiger partial charge in [0.1, 0.15) is 0 Å². The van der Waals surface area contributed by atoms with Gasteiger partial charge in [-0.1, -0.05) is 45.0 Å². The van der Waals surface area contributed by atoms with Crippen LogP contribution in [0.5, 0.6) is 0 Å². The molecule has 0 atom stereocenters. The van der Waals surface area contributed by atoms with Gasteiger partial charge >= 0.3 is 5.97 Å². The number of esters is 1. The number of hydrogen-bond acceptors (Lipinski definition) is 6. The molecule has 0 saturated carbocycles. The molecule has 1 N–H and O–H groups in total. The zero-order chi connectivity index (χ0) is 18.4. The Morgan fingerprint density at radius 3 is 2.60 bits per heavy atom. The van der Waals surface area contributed by atoms with E-state index in [0.717, 1.165) is 29.8 Å². The van der Waals surface area contributed by atoms with E-state index in [0.29, 0.717) is 5.17 Å². The Bertz CT molecular complexity index is 749. The quantitative estimate of drug-likeness (QED) is 0.379. The number of amidine groups is 1. The fourth-order valence-electron chi connectivity index (χ4n) is 2.01. The minimum atomic E-state index is -0.586. The van der Waals surface area contributed by atoms with Gasteiger partial charge in [-0.2, -0.15) is 5.10 Å². The van der Waals surface area contributed by atoms with Gasteiger partial charge in [0.2, 0.25) is 0 Å². The lowest BCUT2D eigenvalue weighted by atomic mass is 9.82. The standard InChI is InChI=1S/C18H21N3O3S/c1-5-18(2,3)13-8-6-12(7-9-13)11-19-21-17-20-16(23)14(25-17)10-15(22)24-4/h6-11H,5H2,1-4H3,(H,20,21,23)/b14-10+,19-11?. The normalized spacial score (nSPS) is 18.2. The molecule has 1 aliphatic rings. The largest absolute Gasteiger partial charge is 0.466 e. The summed E-state index contributed by atoms with van der Waals surface area (Å²) in [5.41, 5.74) is 2.33. The van der Waals surface area contributed by atoms with Gasteiger partial charge in [0, 0.05) is 6.08 Å². The lowest BCUT2D eigenvalue weighted by Crippen LogP contribution is -2.19. The Kier molecular flexibility index (Phi) is 6.14. The molecule has 1 aliphatic heterocycles. The smallest absolute Gasteiger partial charge is 0.331 e. The first kappa shape index (κ1) is 18.9. The number of nitrogens with one attached hydrogen (secondary N) is 1. The number of carbonyl (C=O) groups is 2. The number of methoxy groups -OCH3 is 1. The first-order valence-electron chi connectivity index (χ1n) is 7.86. The fraction of sp³-hybridized carbons (Fsp3) is 0.333. The van der Waals surface area contributed by atoms with Crippen LogP contribution in [0.15, 0.2) is 45.4 Å².